The highest BCUT2D eigenvalue weighted by molar-refractivity contribution is 6.19. The molecule has 3 heterocycles. The van der Waals surface area contributed by atoms with Crippen LogP contribution in [0.2, 0.25) is 0 Å². The standard InChI is InChI=1S/C42H24N2O2/c1-2-10-25(11-3-1)33-22-28(24-38-40(33)31-15-7-9-17-35(31)45-38)42-43-34-16-8-6-14-30(34)41(44-42)27-18-20-32-37(23-27)46-36-21-19-26-12-4-5-13-29(26)39(32)36/h1-24H. The van der Waals surface area contributed by atoms with Crippen molar-refractivity contribution < 1.29 is 8.83 Å². The van der Waals surface area contributed by atoms with Gasteiger partial charge in [0.2, 0.25) is 0 Å². The van der Waals surface area contributed by atoms with E-state index in [1.54, 1.807) is 0 Å². The predicted octanol–water partition coefficient (Wildman–Crippen LogP) is 11.6. The maximum atomic E-state index is 6.44. The molecule has 0 aliphatic rings. The molecule has 0 saturated heterocycles. The summed E-state index contributed by atoms with van der Waals surface area (Å²) in [5, 5.41) is 7.79. The van der Waals surface area contributed by atoms with E-state index in [1.165, 1.54) is 10.8 Å². The molecule has 0 N–H and O–H groups in total. The lowest BCUT2D eigenvalue weighted by atomic mass is 9.96. The molecule has 46 heavy (non-hydrogen) atoms. The molecular weight excluding hydrogens is 564 g/mol. The van der Waals surface area contributed by atoms with E-state index in [-0.39, 0.29) is 0 Å². The highest BCUT2D eigenvalue weighted by Crippen LogP contribution is 2.41. The number of fused-ring (bicyclic) bond motifs is 9. The minimum atomic E-state index is 0.643. The molecule has 7 aromatic carbocycles. The molecule has 4 nitrogen and oxygen atoms in total. The second-order valence-corrected chi connectivity index (χ2v) is 11.7. The average molecular weight is 589 g/mol. The molecule has 0 aliphatic carbocycles. The van der Waals surface area contributed by atoms with Crippen LogP contribution in [0.4, 0.5) is 0 Å². The summed E-state index contributed by atoms with van der Waals surface area (Å²) in [7, 11) is 0. The summed E-state index contributed by atoms with van der Waals surface area (Å²) in [6.07, 6.45) is 0. The van der Waals surface area contributed by atoms with Crippen molar-refractivity contribution in [3.8, 4) is 33.8 Å². The monoisotopic (exact) mass is 588 g/mol. The first kappa shape index (κ1) is 25.1. The Hall–Kier alpha value is -6.26. The number of para-hydroxylation sites is 2. The van der Waals surface area contributed by atoms with Crippen LogP contribution in [-0.4, -0.2) is 9.97 Å². The third kappa shape index (κ3) is 3.74. The number of aromatic nitrogens is 2. The highest BCUT2D eigenvalue weighted by atomic mass is 16.3. The van der Waals surface area contributed by atoms with Crippen LogP contribution in [0.15, 0.2) is 154 Å². The van der Waals surface area contributed by atoms with Gasteiger partial charge >= 0.3 is 0 Å². The fraction of sp³-hybridized carbons (Fsp3) is 0. The van der Waals surface area contributed by atoms with Gasteiger partial charge in [0.1, 0.15) is 22.3 Å². The van der Waals surface area contributed by atoms with E-state index in [0.29, 0.717) is 5.82 Å². The number of rotatable bonds is 3. The van der Waals surface area contributed by atoms with Crippen LogP contribution in [0.3, 0.4) is 0 Å². The van der Waals surface area contributed by atoms with Gasteiger partial charge in [-0.1, -0.05) is 103 Å². The molecular formula is C42H24N2O2. The molecule has 214 valence electrons. The van der Waals surface area contributed by atoms with Gasteiger partial charge in [-0.25, -0.2) is 9.97 Å². The molecule has 10 rings (SSSR count). The van der Waals surface area contributed by atoms with Crippen LogP contribution in [-0.2, 0) is 0 Å². The Morgan fingerprint density at radius 1 is 0.391 bits per heavy atom. The fourth-order valence-corrected chi connectivity index (χ4v) is 6.95. The Bertz CT molecular complexity index is 2810. The van der Waals surface area contributed by atoms with E-state index in [1.807, 2.05) is 36.4 Å². The smallest absolute Gasteiger partial charge is 0.160 e. The zero-order valence-electron chi connectivity index (χ0n) is 24.6. The SMILES string of the molecule is c1ccc(-c2cc(-c3nc(-c4ccc5c(c4)oc4ccc6ccccc6c45)c4ccccc4n3)cc3oc4ccccc4c23)cc1. The topological polar surface area (TPSA) is 52.1 Å². The summed E-state index contributed by atoms with van der Waals surface area (Å²) >= 11 is 0. The number of benzene rings is 7. The summed E-state index contributed by atoms with van der Waals surface area (Å²) in [5.41, 5.74) is 9.21. The van der Waals surface area contributed by atoms with Crippen LogP contribution < -0.4 is 0 Å². The third-order valence-electron chi connectivity index (χ3n) is 9.06. The van der Waals surface area contributed by atoms with Crippen molar-refractivity contribution in [2.75, 3.05) is 0 Å². The van der Waals surface area contributed by atoms with Gasteiger partial charge in [-0.2, -0.15) is 0 Å². The molecule has 0 bridgehead atoms. The molecule has 0 aliphatic heterocycles. The van der Waals surface area contributed by atoms with Crippen molar-refractivity contribution in [3.63, 3.8) is 0 Å². The van der Waals surface area contributed by atoms with Crippen LogP contribution in [0.1, 0.15) is 0 Å². The minimum Gasteiger partial charge on any atom is -0.456 e. The van der Waals surface area contributed by atoms with E-state index < -0.39 is 0 Å². The largest absolute Gasteiger partial charge is 0.456 e. The molecule has 10 aromatic rings. The van der Waals surface area contributed by atoms with Crippen molar-refractivity contribution in [1.82, 2.24) is 9.97 Å². The van der Waals surface area contributed by atoms with Gasteiger partial charge in [-0.05, 0) is 64.4 Å². The van der Waals surface area contributed by atoms with Gasteiger partial charge < -0.3 is 8.83 Å². The van der Waals surface area contributed by atoms with Crippen LogP contribution in [0, 0.1) is 0 Å². The number of furan rings is 2. The molecule has 4 heteroatoms. The summed E-state index contributed by atoms with van der Waals surface area (Å²) in [6, 6.07) is 50.2. The van der Waals surface area contributed by atoms with Crippen molar-refractivity contribution in [1.29, 1.82) is 0 Å². The molecule has 0 saturated carbocycles. The van der Waals surface area contributed by atoms with Crippen LogP contribution in [0.25, 0.3) is 99.3 Å². The quantitative estimate of drug-likeness (QED) is 0.206. The molecule has 0 radical (unpaired) electrons. The minimum absolute atomic E-state index is 0.643. The van der Waals surface area contributed by atoms with Gasteiger partial charge in [0.15, 0.2) is 5.82 Å². The van der Waals surface area contributed by atoms with Crippen molar-refractivity contribution in [2.45, 2.75) is 0 Å². The molecule has 0 fully saturated rings. The Morgan fingerprint density at radius 3 is 2.02 bits per heavy atom. The number of hydrogen-bond donors (Lipinski definition) is 0. The molecule has 3 aromatic heterocycles. The van der Waals surface area contributed by atoms with E-state index in [4.69, 9.17) is 18.8 Å². The molecule has 0 atom stereocenters. The summed E-state index contributed by atoms with van der Waals surface area (Å²) < 4.78 is 12.9. The lowest BCUT2D eigenvalue weighted by Gasteiger charge is -2.11. The van der Waals surface area contributed by atoms with Gasteiger partial charge in [-0.3, -0.25) is 0 Å². The first-order valence-corrected chi connectivity index (χ1v) is 15.4. The maximum absolute atomic E-state index is 6.44. The fourth-order valence-electron chi connectivity index (χ4n) is 6.95. The number of nitrogens with zero attached hydrogens (tertiary/aromatic N) is 2. The van der Waals surface area contributed by atoms with E-state index in [2.05, 4.69) is 109 Å². The average Bonchev–Trinajstić information content (AvgIpc) is 3.69. The summed E-state index contributed by atoms with van der Waals surface area (Å²) in [4.78, 5) is 10.3. The number of hydrogen-bond acceptors (Lipinski definition) is 4. The Morgan fingerprint density at radius 2 is 1.11 bits per heavy atom. The predicted molar refractivity (Wildman–Crippen MR) is 188 cm³/mol. The lowest BCUT2D eigenvalue weighted by Crippen LogP contribution is -1.95. The van der Waals surface area contributed by atoms with Crippen molar-refractivity contribution >= 4 is 65.6 Å². The first-order valence-electron chi connectivity index (χ1n) is 15.4. The molecule has 0 spiro atoms. The Balaban J connectivity index is 1.21. The van der Waals surface area contributed by atoms with Gasteiger partial charge in [0.05, 0.1) is 11.2 Å². The van der Waals surface area contributed by atoms with Crippen LogP contribution >= 0.6 is 0 Å². The van der Waals surface area contributed by atoms with E-state index in [9.17, 15) is 0 Å². The van der Waals surface area contributed by atoms with Crippen LogP contribution in [0.5, 0.6) is 0 Å². The Kier molecular flexibility index (Phi) is 5.25. The molecule has 0 unspecified atom stereocenters. The molecule has 0 amide bonds. The Labute approximate surface area is 263 Å². The third-order valence-corrected chi connectivity index (χ3v) is 9.06. The van der Waals surface area contributed by atoms with Gasteiger partial charge in [0.25, 0.3) is 0 Å². The zero-order chi connectivity index (χ0) is 30.2. The first-order chi connectivity index (χ1) is 22.8. The van der Waals surface area contributed by atoms with Gasteiger partial charge in [0, 0.05) is 38.1 Å². The second kappa shape index (κ2) is 9.62. The lowest BCUT2D eigenvalue weighted by molar-refractivity contribution is 0.669. The van der Waals surface area contributed by atoms with Crippen molar-refractivity contribution in [2.24, 2.45) is 0 Å². The normalized spacial score (nSPS) is 11.9. The van der Waals surface area contributed by atoms with E-state index >= 15 is 0 Å². The van der Waals surface area contributed by atoms with E-state index in [0.717, 1.165) is 82.7 Å². The summed E-state index contributed by atoms with van der Waals surface area (Å²) in [6.45, 7) is 0. The van der Waals surface area contributed by atoms with Gasteiger partial charge in [-0.15, -0.1) is 0 Å². The highest BCUT2D eigenvalue weighted by Gasteiger charge is 2.19. The van der Waals surface area contributed by atoms with Crippen molar-refractivity contribution in [3.05, 3.63) is 146 Å². The maximum Gasteiger partial charge on any atom is 0.160 e. The summed E-state index contributed by atoms with van der Waals surface area (Å²) in [5.74, 6) is 0.643. The zero-order valence-corrected chi connectivity index (χ0v) is 24.6. The second-order valence-electron chi connectivity index (χ2n) is 11.7.